The lowest BCUT2D eigenvalue weighted by Crippen LogP contribution is -2.30. The van der Waals surface area contributed by atoms with Crippen LogP contribution in [0.3, 0.4) is 0 Å². The van der Waals surface area contributed by atoms with Crippen LogP contribution in [-0.4, -0.2) is 23.0 Å². The minimum absolute atomic E-state index is 0.142. The molecule has 0 saturated carbocycles. The summed E-state index contributed by atoms with van der Waals surface area (Å²) in [6.45, 7) is 0.457. The molecule has 0 N–H and O–H groups in total. The van der Waals surface area contributed by atoms with E-state index >= 15 is 0 Å². The molecule has 150 valence electrons. The van der Waals surface area contributed by atoms with Gasteiger partial charge in [-0.2, -0.15) is 0 Å². The fraction of sp³-hybridized carbons (Fsp3) is 0.0833. The summed E-state index contributed by atoms with van der Waals surface area (Å²) < 4.78 is 5.82. The van der Waals surface area contributed by atoms with Gasteiger partial charge in [-0.25, -0.2) is 0 Å². The lowest BCUT2D eigenvalue weighted by molar-refractivity contribution is -0.114. The van der Waals surface area contributed by atoms with Crippen molar-refractivity contribution in [3.05, 3.63) is 101 Å². The van der Waals surface area contributed by atoms with Gasteiger partial charge in [0.2, 0.25) is 0 Å². The van der Waals surface area contributed by atoms with E-state index in [4.69, 9.17) is 28.6 Å². The maximum Gasteiger partial charge on any atom is 0.281 e. The van der Waals surface area contributed by atoms with Crippen LogP contribution in [0.5, 0.6) is 5.75 Å². The number of para-hydroxylation sites is 1. The highest BCUT2D eigenvalue weighted by atomic mass is 35.5. The van der Waals surface area contributed by atoms with Crippen molar-refractivity contribution in [3.8, 4) is 5.75 Å². The average Bonchev–Trinajstić information content (AvgIpc) is 2.98. The highest BCUT2D eigenvalue weighted by Crippen LogP contribution is 2.28. The highest BCUT2D eigenvalue weighted by molar-refractivity contribution is 7.80. The maximum atomic E-state index is 13.0. The second-order valence-corrected chi connectivity index (χ2v) is 7.63. The molecule has 0 atom stereocenters. The number of nitrogens with zero attached hydrogens (tertiary/aromatic N) is 2. The van der Waals surface area contributed by atoms with E-state index in [2.05, 4.69) is 0 Å². The normalized spacial score (nSPS) is 15.2. The lowest BCUT2D eigenvalue weighted by atomic mass is 10.1. The summed E-state index contributed by atoms with van der Waals surface area (Å²) in [5.74, 6) is 0.608. The molecule has 30 heavy (non-hydrogen) atoms. The summed E-state index contributed by atoms with van der Waals surface area (Å²) in [6, 6.07) is 24.6. The molecule has 4 nitrogen and oxygen atoms in total. The molecule has 0 aromatic heterocycles. The first-order valence-corrected chi connectivity index (χ1v) is 10.2. The number of carbonyl (C=O) groups is 1. The van der Waals surface area contributed by atoms with Crippen molar-refractivity contribution in [1.82, 2.24) is 4.90 Å². The third kappa shape index (κ3) is 4.22. The standard InChI is InChI=1S/C24H19ClN2O2S/c1-26-22(23(28)27(24(26)30)20-5-3-2-4-6-20)15-17-9-13-21(14-10-17)29-16-18-7-11-19(25)12-8-18/h2-15H,16H2,1H3/b22-15-. The van der Waals surface area contributed by atoms with E-state index < -0.39 is 0 Å². The zero-order chi connectivity index (χ0) is 21.1. The first kappa shape index (κ1) is 20.1. The average molecular weight is 435 g/mol. The first-order chi connectivity index (χ1) is 14.5. The van der Waals surface area contributed by atoms with Gasteiger partial charge < -0.3 is 9.64 Å². The van der Waals surface area contributed by atoms with E-state index in [0.29, 0.717) is 22.4 Å². The number of anilines is 1. The Morgan fingerprint density at radius 1 is 0.967 bits per heavy atom. The molecule has 3 aromatic carbocycles. The largest absolute Gasteiger partial charge is 0.489 e. The van der Waals surface area contributed by atoms with E-state index in [0.717, 1.165) is 22.6 Å². The smallest absolute Gasteiger partial charge is 0.281 e. The van der Waals surface area contributed by atoms with Gasteiger partial charge in [0.05, 0.1) is 5.69 Å². The monoisotopic (exact) mass is 434 g/mol. The fourth-order valence-electron chi connectivity index (χ4n) is 3.13. The van der Waals surface area contributed by atoms with Crippen molar-refractivity contribution >= 4 is 46.6 Å². The Bertz CT molecular complexity index is 1100. The number of hydrogen-bond donors (Lipinski definition) is 0. The van der Waals surface area contributed by atoms with Crippen molar-refractivity contribution in [2.75, 3.05) is 11.9 Å². The van der Waals surface area contributed by atoms with Crippen molar-refractivity contribution in [2.45, 2.75) is 6.61 Å². The van der Waals surface area contributed by atoms with Gasteiger partial charge in [0.1, 0.15) is 18.1 Å². The Hall–Kier alpha value is -3.15. The molecule has 1 aliphatic heterocycles. The summed E-state index contributed by atoms with van der Waals surface area (Å²) in [6.07, 6.45) is 1.83. The fourth-order valence-corrected chi connectivity index (χ4v) is 3.54. The van der Waals surface area contributed by atoms with E-state index in [1.54, 1.807) is 16.8 Å². The quantitative estimate of drug-likeness (QED) is 0.391. The Morgan fingerprint density at radius 3 is 2.30 bits per heavy atom. The Labute approximate surface area is 185 Å². The SMILES string of the molecule is CN1C(=S)N(c2ccccc2)C(=O)/C1=C/c1ccc(OCc2ccc(Cl)cc2)cc1. The molecule has 1 aliphatic rings. The van der Waals surface area contributed by atoms with Gasteiger partial charge in [-0.3, -0.25) is 9.69 Å². The molecule has 6 heteroatoms. The van der Waals surface area contributed by atoms with Crippen molar-refractivity contribution in [2.24, 2.45) is 0 Å². The van der Waals surface area contributed by atoms with Gasteiger partial charge in [-0.15, -0.1) is 0 Å². The van der Waals surface area contributed by atoms with Crippen LogP contribution in [0.1, 0.15) is 11.1 Å². The van der Waals surface area contributed by atoms with Crippen molar-refractivity contribution in [1.29, 1.82) is 0 Å². The minimum Gasteiger partial charge on any atom is -0.489 e. The van der Waals surface area contributed by atoms with Gasteiger partial charge in [0.15, 0.2) is 5.11 Å². The van der Waals surface area contributed by atoms with Crippen molar-refractivity contribution in [3.63, 3.8) is 0 Å². The van der Waals surface area contributed by atoms with Crippen LogP contribution < -0.4 is 9.64 Å². The number of amides is 1. The van der Waals surface area contributed by atoms with Gasteiger partial charge >= 0.3 is 0 Å². The number of likely N-dealkylation sites (N-methyl/N-ethyl adjacent to an activating group) is 1. The summed E-state index contributed by atoms with van der Waals surface area (Å²) >= 11 is 11.4. The number of carbonyl (C=O) groups excluding carboxylic acids is 1. The van der Waals surface area contributed by atoms with Crippen LogP contribution in [-0.2, 0) is 11.4 Å². The lowest BCUT2D eigenvalue weighted by Gasteiger charge is -2.16. The second kappa shape index (κ2) is 8.69. The third-order valence-electron chi connectivity index (χ3n) is 4.78. The van der Waals surface area contributed by atoms with Crippen molar-refractivity contribution < 1.29 is 9.53 Å². The van der Waals surface area contributed by atoms with Gasteiger partial charge in [-0.05, 0) is 65.8 Å². The molecule has 0 bridgehead atoms. The number of rotatable bonds is 5. The molecule has 3 aromatic rings. The Morgan fingerprint density at radius 2 is 1.63 bits per heavy atom. The molecule has 4 rings (SSSR count). The predicted octanol–water partition coefficient (Wildman–Crippen LogP) is 5.52. The number of ether oxygens (including phenoxy) is 1. The number of halogens is 1. The van der Waals surface area contributed by atoms with E-state index in [-0.39, 0.29) is 5.91 Å². The van der Waals surface area contributed by atoms with Crippen LogP contribution in [0.25, 0.3) is 6.08 Å². The summed E-state index contributed by atoms with van der Waals surface area (Å²) in [7, 11) is 1.80. The molecule has 0 spiro atoms. The number of benzene rings is 3. The van der Waals surface area contributed by atoms with E-state index in [9.17, 15) is 4.79 Å². The van der Waals surface area contributed by atoms with Crippen LogP contribution in [0.2, 0.25) is 5.02 Å². The predicted molar refractivity (Wildman–Crippen MR) is 124 cm³/mol. The molecule has 1 heterocycles. The van der Waals surface area contributed by atoms with E-state index in [1.165, 1.54) is 0 Å². The Balaban J connectivity index is 1.48. The molecular weight excluding hydrogens is 416 g/mol. The Kier molecular flexibility index (Phi) is 5.84. The topological polar surface area (TPSA) is 32.8 Å². The zero-order valence-electron chi connectivity index (χ0n) is 16.3. The summed E-state index contributed by atoms with van der Waals surface area (Å²) in [5, 5.41) is 1.16. The molecule has 1 amide bonds. The van der Waals surface area contributed by atoms with Gasteiger partial charge in [0.25, 0.3) is 5.91 Å². The number of thiocarbonyl (C=S) groups is 1. The molecule has 1 fully saturated rings. The highest BCUT2D eigenvalue weighted by Gasteiger charge is 2.36. The third-order valence-corrected chi connectivity index (χ3v) is 5.49. The number of hydrogen-bond acceptors (Lipinski definition) is 3. The molecule has 0 radical (unpaired) electrons. The summed E-state index contributed by atoms with van der Waals surface area (Å²) in [4.78, 5) is 16.3. The van der Waals surface area contributed by atoms with Crippen LogP contribution >= 0.6 is 23.8 Å². The maximum absolute atomic E-state index is 13.0. The van der Waals surface area contributed by atoms with E-state index in [1.807, 2.05) is 84.9 Å². The molecular formula is C24H19ClN2O2S. The van der Waals surface area contributed by atoms with Crippen LogP contribution in [0.15, 0.2) is 84.6 Å². The minimum atomic E-state index is -0.142. The van der Waals surface area contributed by atoms with Gasteiger partial charge in [-0.1, -0.05) is 54.1 Å². The zero-order valence-corrected chi connectivity index (χ0v) is 17.9. The van der Waals surface area contributed by atoms with Crippen LogP contribution in [0, 0.1) is 0 Å². The van der Waals surface area contributed by atoms with Gasteiger partial charge in [0, 0.05) is 12.1 Å². The molecule has 0 unspecified atom stereocenters. The first-order valence-electron chi connectivity index (χ1n) is 9.39. The second-order valence-electron chi connectivity index (χ2n) is 6.83. The molecule has 0 aliphatic carbocycles. The van der Waals surface area contributed by atoms with Crippen LogP contribution in [0.4, 0.5) is 5.69 Å². The molecule has 1 saturated heterocycles. The summed E-state index contributed by atoms with van der Waals surface area (Å²) in [5.41, 5.74) is 3.22.